The lowest BCUT2D eigenvalue weighted by Crippen LogP contribution is -2.41. The molecule has 1 aliphatic carbocycles. The summed E-state index contributed by atoms with van der Waals surface area (Å²) in [5.74, 6) is 1.40. The van der Waals surface area contributed by atoms with Gasteiger partial charge in [0.15, 0.2) is 0 Å². The average molecular weight is 524 g/mol. The number of carbonyl (C=O) groups is 2. The number of nitrogens with one attached hydrogen (secondary N) is 3. The summed E-state index contributed by atoms with van der Waals surface area (Å²) in [7, 11) is 1.58. The van der Waals surface area contributed by atoms with Crippen molar-refractivity contribution < 1.29 is 19.1 Å². The van der Waals surface area contributed by atoms with Crippen LogP contribution in [0.25, 0.3) is 10.8 Å². The maximum atomic E-state index is 11.5. The highest BCUT2D eigenvalue weighted by atomic mass is 35.5. The van der Waals surface area contributed by atoms with Crippen molar-refractivity contribution in [3.8, 4) is 5.75 Å². The molecule has 1 amide bonds. The van der Waals surface area contributed by atoms with Gasteiger partial charge in [-0.15, -0.1) is 6.58 Å². The Labute approximate surface area is 219 Å². The lowest BCUT2D eigenvalue weighted by Gasteiger charge is -2.09. The maximum Gasteiger partial charge on any atom is 0.293 e. The second-order valence-electron chi connectivity index (χ2n) is 7.35. The second-order valence-corrected chi connectivity index (χ2v) is 7.76. The standard InChI is InChI=1S/C10H8ClNO2.C10H16N2O.C3H6O2.2C2H6/c1-14-7-2-3-8-6(4-7)5-9(11)12-10(8)13;1-2-7-6-9(7)12-10(13)8-4-3-5-11-8;1-2-5-3-4;2*1-2/h2-5H,1H3,(H,12,13);2,7-9,11H,1,3-6H2,(H,12,13);3H,2H2,1H3;2*1-2H3/t;7-,8+,9-;;;/m.1.../s1. The van der Waals surface area contributed by atoms with Crippen molar-refractivity contribution in [2.75, 3.05) is 20.3 Å². The summed E-state index contributed by atoms with van der Waals surface area (Å²) >= 11 is 5.72. The number of carbonyl (C=O) groups excluding carboxylic acids is 2. The van der Waals surface area contributed by atoms with Gasteiger partial charge < -0.3 is 25.1 Å². The normalized spacial score (nSPS) is 18.7. The number of aromatic amines is 1. The van der Waals surface area contributed by atoms with Crippen LogP contribution < -0.4 is 20.9 Å². The monoisotopic (exact) mass is 523 g/mol. The highest BCUT2D eigenvalue weighted by Gasteiger charge is 2.37. The highest BCUT2D eigenvalue weighted by molar-refractivity contribution is 6.30. The molecule has 0 radical (unpaired) electrons. The minimum Gasteiger partial charge on any atom is -0.497 e. The van der Waals surface area contributed by atoms with Gasteiger partial charge in [0.25, 0.3) is 12.0 Å². The third kappa shape index (κ3) is 11.7. The number of pyridine rings is 1. The number of rotatable bonds is 6. The Morgan fingerprint density at radius 1 is 1.25 bits per heavy atom. The number of aromatic nitrogens is 1. The zero-order valence-electron chi connectivity index (χ0n) is 22.4. The number of hydrogen-bond donors (Lipinski definition) is 3. The van der Waals surface area contributed by atoms with Crippen molar-refractivity contribution in [3.05, 3.63) is 52.4 Å². The van der Waals surface area contributed by atoms with Crippen LogP contribution in [-0.4, -0.2) is 49.7 Å². The van der Waals surface area contributed by atoms with Crippen molar-refractivity contribution in [2.45, 2.75) is 66.0 Å². The van der Waals surface area contributed by atoms with Crippen LogP contribution in [0.1, 0.15) is 53.9 Å². The van der Waals surface area contributed by atoms with Crippen LogP contribution in [0.4, 0.5) is 0 Å². The fraction of sp³-hybridized carbons (Fsp3) is 0.519. The molecule has 0 unspecified atom stereocenters. The van der Waals surface area contributed by atoms with Crippen molar-refractivity contribution in [1.82, 2.24) is 15.6 Å². The number of methoxy groups -OCH3 is 1. The third-order valence-electron chi connectivity index (χ3n) is 5.10. The Kier molecular flexibility index (Phi) is 17.8. The fourth-order valence-corrected chi connectivity index (χ4v) is 3.45. The molecule has 9 heteroatoms. The van der Waals surface area contributed by atoms with Crippen LogP contribution in [0, 0.1) is 5.92 Å². The SMILES string of the molecule is C=C[C@@H]1C[C@H]1NC(=O)[C@@H]1CCCN1.CC.CC.CCOC=O.COc1ccc2c(=O)[nH]c(Cl)cc2c1. The van der Waals surface area contributed by atoms with E-state index in [0.717, 1.165) is 31.2 Å². The van der Waals surface area contributed by atoms with E-state index in [1.807, 2.05) is 33.8 Å². The molecule has 4 rings (SSSR count). The molecule has 3 atom stereocenters. The van der Waals surface area contributed by atoms with Crippen molar-refractivity contribution in [2.24, 2.45) is 5.92 Å². The van der Waals surface area contributed by atoms with Crippen LogP contribution in [0.2, 0.25) is 5.15 Å². The summed E-state index contributed by atoms with van der Waals surface area (Å²) in [5.41, 5.74) is -0.185. The molecule has 1 aromatic heterocycles. The molecule has 2 aliphatic rings. The van der Waals surface area contributed by atoms with E-state index in [0.29, 0.717) is 41.3 Å². The third-order valence-corrected chi connectivity index (χ3v) is 5.30. The summed E-state index contributed by atoms with van der Waals surface area (Å²) in [4.78, 5) is 34.7. The van der Waals surface area contributed by atoms with Crippen LogP contribution in [-0.2, 0) is 14.3 Å². The lowest BCUT2D eigenvalue weighted by molar-refractivity contribution is -0.128. The minimum absolute atomic E-state index is 0.0612. The Balaban J connectivity index is 0.000000517. The van der Waals surface area contributed by atoms with Crippen molar-refractivity contribution in [1.29, 1.82) is 0 Å². The molecule has 1 saturated carbocycles. The first-order chi connectivity index (χ1) is 17.4. The summed E-state index contributed by atoms with van der Waals surface area (Å²) < 4.78 is 9.20. The molecule has 2 aromatic rings. The predicted molar refractivity (Wildman–Crippen MR) is 148 cm³/mol. The maximum absolute atomic E-state index is 11.5. The smallest absolute Gasteiger partial charge is 0.293 e. The van der Waals surface area contributed by atoms with Gasteiger partial charge in [-0.25, -0.2) is 0 Å². The van der Waals surface area contributed by atoms with E-state index in [4.69, 9.17) is 16.3 Å². The largest absolute Gasteiger partial charge is 0.497 e. The van der Waals surface area contributed by atoms with Crippen molar-refractivity contribution in [3.63, 3.8) is 0 Å². The van der Waals surface area contributed by atoms with E-state index in [-0.39, 0.29) is 17.5 Å². The second kappa shape index (κ2) is 19.4. The van der Waals surface area contributed by atoms with Gasteiger partial charge in [0.05, 0.1) is 19.8 Å². The number of fused-ring (bicyclic) bond motifs is 1. The Morgan fingerprint density at radius 3 is 2.42 bits per heavy atom. The molecule has 202 valence electrons. The Morgan fingerprint density at radius 2 is 1.94 bits per heavy atom. The van der Waals surface area contributed by atoms with E-state index in [1.54, 1.807) is 38.3 Å². The van der Waals surface area contributed by atoms with Crippen LogP contribution in [0.15, 0.2) is 41.7 Å². The fourth-order valence-electron chi connectivity index (χ4n) is 3.24. The van der Waals surface area contributed by atoms with Gasteiger partial charge in [0.2, 0.25) is 5.91 Å². The molecular formula is C27H42ClN3O5. The summed E-state index contributed by atoms with van der Waals surface area (Å²) in [6, 6.07) is 7.35. The number of halogens is 1. The highest BCUT2D eigenvalue weighted by Crippen LogP contribution is 2.31. The van der Waals surface area contributed by atoms with Gasteiger partial charge in [-0.3, -0.25) is 14.4 Å². The molecule has 1 aromatic carbocycles. The molecule has 2 fully saturated rings. The Hall–Kier alpha value is -2.84. The van der Waals surface area contributed by atoms with Gasteiger partial charge in [-0.1, -0.05) is 45.4 Å². The zero-order valence-corrected chi connectivity index (χ0v) is 23.1. The quantitative estimate of drug-likeness (QED) is 0.283. The lowest BCUT2D eigenvalue weighted by atomic mass is 10.2. The van der Waals surface area contributed by atoms with E-state index in [2.05, 4.69) is 26.9 Å². The van der Waals surface area contributed by atoms with Gasteiger partial charge in [0, 0.05) is 11.4 Å². The van der Waals surface area contributed by atoms with Crippen LogP contribution >= 0.6 is 11.6 Å². The molecule has 3 N–H and O–H groups in total. The minimum atomic E-state index is -0.185. The molecule has 0 bridgehead atoms. The van der Waals surface area contributed by atoms with E-state index in [1.165, 1.54) is 0 Å². The van der Waals surface area contributed by atoms with E-state index >= 15 is 0 Å². The summed E-state index contributed by atoms with van der Waals surface area (Å²) in [6.07, 6.45) is 5.10. The Bertz CT molecular complexity index is 974. The van der Waals surface area contributed by atoms with E-state index in [9.17, 15) is 14.4 Å². The first-order valence-corrected chi connectivity index (χ1v) is 12.9. The molecule has 1 saturated heterocycles. The van der Waals surface area contributed by atoms with Gasteiger partial charge in [0.1, 0.15) is 10.9 Å². The van der Waals surface area contributed by atoms with Gasteiger partial charge in [-0.2, -0.15) is 0 Å². The van der Waals surface area contributed by atoms with Crippen molar-refractivity contribution >= 4 is 34.8 Å². The number of H-pyrrole nitrogens is 1. The van der Waals surface area contributed by atoms with Gasteiger partial charge >= 0.3 is 0 Å². The molecule has 36 heavy (non-hydrogen) atoms. The topological polar surface area (TPSA) is 110 Å². The summed E-state index contributed by atoms with van der Waals surface area (Å²) in [5, 5.41) is 7.92. The molecule has 0 spiro atoms. The molecule has 8 nitrogen and oxygen atoms in total. The predicted octanol–water partition coefficient (Wildman–Crippen LogP) is 4.85. The molecule has 2 heterocycles. The zero-order chi connectivity index (χ0) is 27.5. The summed E-state index contributed by atoms with van der Waals surface area (Å²) in [6.45, 7) is 15.4. The number of benzene rings is 1. The first-order valence-electron chi connectivity index (χ1n) is 12.5. The number of amides is 1. The van der Waals surface area contributed by atoms with Gasteiger partial charge in [-0.05, 0) is 68.3 Å². The first kappa shape index (κ1) is 33.2. The average Bonchev–Trinajstić information content (AvgIpc) is 3.41. The van der Waals surface area contributed by atoms with Crippen LogP contribution in [0.5, 0.6) is 5.75 Å². The molecule has 1 aliphatic heterocycles. The number of ether oxygens (including phenoxy) is 2. The van der Waals surface area contributed by atoms with E-state index < -0.39 is 0 Å². The van der Waals surface area contributed by atoms with Crippen LogP contribution in [0.3, 0.4) is 0 Å². The number of hydrogen-bond acceptors (Lipinski definition) is 6. The molecular weight excluding hydrogens is 482 g/mol.